The number of sulfonamides is 1. The monoisotopic (exact) mass is 193 g/mol. The molecule has 0 aromatic carbocycles. The average Bonchev–Trinajstić information content (AvgIpc) is 1.84. The molecule has 0 aliphatic heterocycles. The van der Waals surface area contributed by atoms with Crippen molar-refractivity contribution < 1.29 is 13.2 Å². The summed E-state index contributed by atoms with van der Waals surface area (Å²) in [4.78, 5) is 12.1. The third-order valence-electron chi connectivity index (χ3n) is 1.44. The van der Waals surface area contributed by atoms with Gasteiger partial charge in [0.15, 0.2) is 0 Å². The van der Waals surface area contributed by atoms with Gasteiger partial charge in [-0.25, -0.2) is 8.42 Å². The van der Waals surface area contributed by atoms with Crippen LogP contribution >= 0.6 is 0 Å². The molecule has 6 heteroatoms. The van der Waals surface area contributed by atoms with Crippen LogP contribution in [0.25, 0.3) is 0 Å². The zero-order valence-corrected chi connectivity index (χ0v) is 8.02. The minimum Gasteiger partial charge on any atom is -0.346 e. The summed E-state index contributed by atoms with van der Waals surface area (Å²) in [5, 5.41) is 6.55. The van der Waals surface area contributed by atoms with Gasteiger partial charge in [0.1, 0.15) is 0 Å². The zero-order chi connectivity index (χ0) is 9.78. The standard InChI is InChI=1S/C6H13N2O3S/c1-6(9)8(2)4-3-5-12(7,10)11/h7H,3-5H2,1-2H3. The first-order chi connectivity index (χ1) is 5.33. The highest BCUT2D eigenvalue weighted by molar-refractivity contribution is 7.88. The van der Waals surface area contributed by atoms with Crippen LogP contribution in [0.3, 0.4) is 0 Å². The van der Waals surface area contributed by atoms with Crippen LogP contribution in [0.5, 0.6) is 0 Å². The molecule has 0 atom stereocenters. The SMILES string of the molecule is CC(=O)N(C)CCCS([NH])(=O)=O. The summed E-state index contributed by atoms with van der Waals surface area (Å²) in [5.74, 6) is -0.290. The lowest BCUT2D eigenvalue weighted by atomic mass is 10.4. The maximum atomic E-state index is 10.6. The van der Waals surface area contributed by atoms with Gasteiger partial charge >= 0.3 is 0 Å². The fourth-order valence-electron chi connectivity index (χ4n) is 0.649. The van der Waals surface area contributed by atoms with E-state index in [4.69, 9.17) is 5.14 Å². The highest BCUT2D eigenvalue weighted by Crippen LogP contribution is 1.91. The zero-order valence-electron chi connectivity index (χ0n) is 7.20. The number of nitrogens with one attached hydrogen (secondary N) is 1. The van der Waals surface area contributed by atoms with Gasteiger partial charge in [-0.15, -0.1) is 5.14 Å². The number of hydrogen-bond acceptors (Lipinski definition) is 3. The van der Waals surface area contributed by atoms with Gasteiger partial charge in [0, 0.05) is 20.5 Å². The summed E-state index contributed by atoms with van der Waals surface area (Å²) in [6.45, 7) is 1.79. The molecule has 12 heavy (non-hydrogen) atoms. The molecule has 0 aliphatic carbocycles. The molecule has 0 bridgehead atoms. The topological polar surface area (TPSA) is 78.2 Å². The van der Waals surface area contributed by atoms with E-state index < -0.39 is 10.0 Å². The third kappa shape index (κ3) is 6.11. The van der Waals surface area contributed by atoms with E-state index >= 15 is 0 Å². The van der Waals surface area contributed by atoms with Gasteiger partial charge in [0.2, 0.25) is 15.9 Å². The third-order valence-corrected chi connectivity index (χ3v) is 2.27. The number of nitrogens with zero attached hydrogens (tertiary/aromatic N) is 1. The lowest BCUT2D eigenvalue weighted by Crippen LogP contribution is -2.26. The molecule has 0 aromatic heterocycles. The van der Waals surface area contributed by atoms with Crippen molar-refractivity contribution >= 4 is 15.9 Å². The van der Waals surface area contributed by atoms with Gasteiger partial charge in [-0.3, -0.25) is 4.79 Å². The number of rotatable bonds is 4. The summed E-state index contributed by atoms with van der Waals surface area (Å²) >= 11 is 0. The van der Waals surface area contributed by atoms with E-state index in [9.17, 15) is 13.2 Å². The second-order valence-electron chi connectivity index (χ2n) is 2.61. The molecule has 1 N–H and O–H groups in total. The van der Waals surface area contributed by atoms with Gasteiger partial charge in [0.25, 0.3) is 0 Å². The molecule has 1 radical (unpaired) electrons. The Labute approximate surface area is 72.6 Å². The van der Waals surface area contributed by atoms with Crippen LogP contribution in [0, 0.1) is 0 Å². The maximum Gasteiger partial charge on any atom is 0.225 e. The van der Waals surface area contributed by atoms with Crippen molar-refractivity contribution in [3.8, 4) is 0 Å². The van der Waals surface area contributed by atoms with Crippen molar-refractivity contribution in [2.75, 3.05) is 19.3 Å². The lowest BCUT2D eigenvalue weighted by molar-refractivity contribution is -0.127. The van der Waals surface area contributed by atoms with Gasteiger partial charge in [0.05, 0.1) is 5.75 Å². The summed E-state index contributed by atoms with van der Waals surface area (Å²) in [6.07, 6.45) is 0.321. The molecule has 0 heterocycles. The highest BCUT2D eigenvalue weighted by atomic mass is 32.2. The van der Waals surface area contributed by atoms with Crippen molar-refractivity contribution in [3.05, 3.63) is 0 Å². The van der Waals surface area contributed by atoms with E-state index in [0.717, 1.165) is 0 Å². The van der Waals surface area contributed by atoms with E-state index in [2.05, 4.69) is 0 Å². The molecule has 0 saturated heterocycles. The summed E-state index contributed by atoms with van der Waals surface area (Å²) in [7, 11) is -2.04. The Morgan fingerprint density at radius 1 is 1.50 bits per heavy atom. The number of carbonyl (C=O) groups excluding carboxylic acids is 1. The van der Waals surface area contributed by atoms with Crippen LogP contribution in [0.2, 0.25) is 0 Å². The van der Waals surface area contributed by atoms with E-state index in [1.165, 1.54) is 11.8 Å². The lowest BCUT2D eigenvalue weighted by Gasteiger charge is -2.13. The molecule has 5 nitrogen and oxygen atoms in total. The van der Waals surface area contributed by atoms with E-state index in [-0.39, 0.29) is 11.7 Å². The molecule has 71 valence electrons. The van der Waals surface area contributed by atoms with Gasteiger partial charge in [-0.05, 0) is 6.42 Å². The van der Waals surface area contributed by atoms with E-state index in [1.807, 2.05) is 0 Å². The van der Waals surface area contributed by atoms with Crippen molar-refractivity contribution in [2.45, 2.75) is 13.3 Å². The molecule has 0 rings (SSSR count). The fraction of sp³-hybridized carbons (Fsp3) is 0.833. The summed E-state index contributed by atoms with van der Waals surface area (Å²) in [6, 6.07) is 0. The second kappa shape index (κ2) is 4.42. The van der Waals surface area contributed by atoms with Gasteiger partial charge < -0.3 is 4.90 Å². The molecular formula is C6H13N2O3S. The molecule has 0 fully saturated rings. The van der Waals surface area contributed by atoms with Crippen molar-refractivity contribution in [1.82, 2.24) is 10.0 Å². The Morgan fingerprint density at radius 2 is 2.00 bits per heavy atom. The predicted octanol–water partition coefficient (Wildman–Crippen LogP) is -0.532. The highest BCUT2D eigenvalue weighted by Gasteiger charge is 2.06. The fourth-order valence-corrected chi connectivity index (χ4v) is 1.16. The summed E-state index contributed by atoms with van der Waals surface area (Å²) in [5.41, 5.74) is 0. The Morgan fingerprint density at radius 3 is 2.33 bits per heavy atom. The van der Waals surface area contributed by atoms with E-state index in [0.29, 0.717) is 13.0 Å². The molecule has 0 unspecified atom stereocenters. The first-order valence-electron chi connectivity index (χ1n) is 3.52. The summed E-state index contributed by atoms with van der Waals surface area (Å²) < 4.78 is 20.7. The Hall–Kier alpha value is -0.620. The van der Waals surface area contributed by atoms with Crippen LogP contribution in [0.4, 0.5) is 0 Å². The quantitative estimate of drug-likeness (QED) is 0.602. The molecule has 0 aliphatic rings. The number of carbonyl (C=O) groups is 1. The van der Waals surface area contributed by atoms with Crippen LogP contribution in [0.1, 0.15) is 13.3 Å². The van der Waals surface area contributed by atoms with Crippen molar-refractivity contribution in [2.24, 2.45) is 0 Å². The molecule has 0 aromatic rings. The van der Waals surface area contributed by atoms with Crippen LogP contribution in [0.15, 0.2) is 0 Å². The Balaban J connectivity index is 3.65. The van der Waals surface area contributed by atoms with Crippen molar-refractivity contribution in [1.29, 1.82) is 0 Å². The minimum absolute atomic E-state index is 0.0996. The molecule has 0 spiro atoms. The Kier molecular flexibility index (Phi) is 4.19. The van der Waals surface area contributed by atoms with Gasteiger partial charge in [-0.1, -0.05) is 0 Å². The van der Waals surface area contributed by atoms with E-state index in [1.54, 1.807) is 7.05 Å². The average molecular weight is 193 g/mol. The number of amides is 1. The predicted molar refractivity (Wildman–Crippen MR) is 44.8 cm³/mol. The molecule has 0 saturated carbocycles. The smallest absolute Gasteiger partial charge is 0.225 e. The van der Waals surface area contributed by atoms with Crippen LogP contribution in [-0.4, -0.2) is 38.6 Å². The van der Waals surface area contributed by atoms with Crippen LogP contribution < -0.4 is 5.14 Å². The Bertz CT molecular complexity index is 248. The van der Waals surface area contributed by atoms with Crippen molar-refractivity contribution in [3.63, 3.8) is 0 Å². The molecular weight excluding hydrogens is 180 g/mol. The second-order valence-corrected chi connectivity index (χ2v) is 4.25. The number of hydrogen-bond donors (Lipinski definition) is 0. The van der Waals surface area contributed by atoms with Crippen LogP contribution in [-0.2, 0) is 14.8 Å². The first kappa shape index (κ1) is 11.4. The minimum atomic E-state index is -3.63. The maximum absolute atomic E-state index is 10.6. The van der Waals surface area contributed by atoms with Gasteiger partial charge in [-0.2, -0.15) is 0 Å². The molecule has 1 amide bonds. The first-order valence-corrected chi connectivity index (χ1v) is 5.17. The largest absolute Gasteiger partial charge is 0.346 e. The normalized spacial score (nSPS) is 11.2.